The fraction of sp³-hybridized carbons (Fsp3) is 0.111. The molecule has 1 heterocycles. The summed E-state index contributed by atoms with van der Waals surface area (Å²) < 4.78 is 0. The highest BCUT2D eigenvalue weighted by atomic mass is 14.9. The van der Waals surface area contributed by atoms with Gasteiger partial charge in [-0.3, -0.25) is 0 Å². The third kappa shape index (κ3) is 4.62. The summed E-state index contributed by atoms with van der Waals surface area (Å²) in [6.45, 7) is 9.44. The first kappa shape index (κ1) is 32.8. The summed E-state index contributed by atoms with van der Waals surface area (Å²) in [5.74, 6) is 0.724. The molecule has 0 saturated heterocycles. The van der Waals surface area contributed by atoms with Gasteiger partial charge < -0.3 is 0 Å². The van der Waals surface area contributed by atoms with Crippen LogP contribution in [0.1, 0.15) is 49.9 Å². The molecule has 0 amide bonds. The van der Waals surface area contributed by atoms with E-state index in [1.54, 1.807) is 0 Å². The predicted octanol–water partition coefficient (Wildman–Crippen LogP) is 14.1. The maximum absolute atomic E-state index is 5.34. The molecule has 56 heavy (non-hydrogen) atoms. The highest BCUT2D eigenvalue weighted by Crippen LogP contribution is 2.55. The van der Waals surface area contributed by atoms with Gasteiger partial charge in [-0.2, -0.15) is 0 Å². The van der Waals surface area contributed by atoms with Crippen LogP contribution in [0.2, 0.25) is 0 Å². The van der Waals surface area contributed by atoms with E-state index in [2.05, 4.69) is 191 Å². The molecular formula is C54H40N2. The van der Waals surface area contributed by atoms with Crippen molar-refractivity contribution in [2.45, 2.75) is 38.5 Å². The van der Waals surface area contributed by atoms with Gasteiger partial charge in [0.1, 0.15) is 0 Å². The normalized spacial score (nSPS) is 14.4. The van der Waals surface area contributed by atoms with Crippen molar-refractivity contribution < 1.29 is 0 Å². The summed E-state index contributed by atoms with van der Waals surface area (Å²) in [5.41, 5.74) is 18.0. The van der Waals surface area contributed by atoms with Crippen molar-refractivity contribution in [1.82, 2.24) is 9.97 Å². The van der Waals surface area contributed by atoms with Crippen molar-refractivity contribution in [2.24, 2.45) is 0 Å². The van der Waals surface area contributed by atoms with Gasteiger partial charge in [-0.1, -0.05) is 191 Å². The number of rotatable bonds is 4. The van der Waals surface area contributed by atoms with Crippen LogP contribution >= 0.6 is 0 Å². The van der Waals surface area contributed by atoms with Crippen molar-refractivity contribution >= 4 is 21.5 Å². The number of aromatic nitrogens is 2. The lowest BCUT2D eigenvalue weighted by Crippen LogP contribution is -2.16. The lowest BCUT2D eigenvalue weighted by Gasteiger charge is -2.25. The molecular weight excluding hydrogens is 677 g/mol. The highest BCUT2D eigenvalue weighted by molar-refractivity contribution is 6.09. The number of hydrogen-bond acceptors (Lipinski definition) is 2. The molecule has 2 heteroatoms. The lowest BCUT2D eigenvalue weighted by molar-refractivity contribution is 0.660. The van der Waals surface area contributed by atoms with Crippen molar-refractivity contribution in [3.63, 3.8) is 0 Å². The predicted molar refractivity (Wildman–Crippen MR) is 234 cm³/mol. The molecule has 0 bridgehead atoms. The molecule has 8 aromatic carbocycles. The molecule has 0 radical (unpaired) electrons. The molecule has 0 spiro atoms. The fourth-order valence-corrected chi connectivity index (χ4v) is 10.0. The van der Waals surface area contributed by atoms with Gasteiger partial charge >= 0.3 is 0 Å². The number of nitrogens with zero attached hydrogens (tertiary/aromatic N) is 2. The van der Waals surface area contributed by atoms with E-state index in [-0.39, 0.29) is 10.8 Å². The monoisotopic (exact) mass is 716 g/mol. The van der Waals surface area contributed by atoms with E-state index in [0.717, 1.165) is 33.9 Å². The van der Waals surface area contributed by atoms with Gasteiger partial charge in [-0.05, 0) is 83.2 Å². The van der Waals surface area contributed by atoms with E-state index in [9.17, 15) is 0 Å². The Hall–Kier alpha value is -6.64. The minimum absolute atomic E-state index is 0.104. The Morgan fingerprint density at radius 3 is 1.75 bits per heavy atom. The van der Waals surface area contributed by atoms with E-state index in [0.29, 0.717) is 0 Å². The Balaban J connectivity index is 1.13. The first-order chi connectivity index (χ1) is 27.3. The molecule has 266 valence electrons. The van der Waals surface area contributed by atoms with E-state index < -0.39 is 0 Å². The summed E-state index contributed by atoms with van der Waals surface area (Å²) in [6.07, 6.45) is 0. The van der Waals surface area contributed by atoms with Crippen LogP contribution in [0, 0.1) is 0 Å². The maximum atomic E-state index is 5.34. The zero-order valence-corrected chi connectivity index (χ0v) is 32.1. The summed E-state index contributed by atoms with van der Waals surface area (Å²) in [5, 5.41) is 4.99. The number of hydrogen-bond donors (Lipinski definition) is 0. The molecule has 2 aliphatic carbocycles. The second-order valence-electron chi connectivity index (χ2n) is 16.5. The third-order valence-electron chi connectivity index (χ3n) is 12.7. The van der Waals surface area contributed by atoms with E-state index in [1.165, 1.54) is 77.2 Å². The van der Waals surface area contributed by atoms with Crippen LogP contribution in [0.4, 0.5) is 0 Å². The van der Waals surface area contributed by atoms with Gasteiger partial charge in [0.05, 0.1) is 11.4 Å². The maximum Gasteiger partial charge on any atom is 0.160 e. The second kappa shape index (κ2) is 11.9. The first-order valence-electron chi connectivity index (χ1n) is 19.7. The van der Waals surface area contributed by atoms with E-state index >= 15 is 0 Å². The van der Waals surface area contributed by atoms with E-state index in [4.69, 9.17) is 9.97 Å². The third-order valence-corrected chi connectivity index (χ3v) is 12.7. The Kier molecular flexibility index (Phi) is 6.98. The van der Waals surface area contributed by atoms with Crippen LogP contribution in [0.25, 0.3) is 88.8 Å². The Bertz CT molecular complexity index is 3080. The summed E-state index contributed by atoms with van der Waals surface area (Å²) in [6, 6.07) is 62.0. The molecule has 0 aliphatic heterocycles. The summed E-state index contributed by atoms with van der Waals surface area (Å²) >= 11 is 0. The largest absolute Gasteiger partial charge is 0.228 e. The van der Waals surface area contributed by atoms with E-state index in [1.807, 2.05) is 6.07 Å². The molecule has 0 unspecified atom stereocenters. The standard InChI is InChI=1S/C54H40N2/c1-53(2)44-26-13-12-22-41(44)50-42(24-15-27-45(50)53)48-32-47(55-52(56-48)34-17-6-5-7-18-34)39-30-29-38(36-20-10-11-21-37(36)39)40-23-14-25-43-49-35-19-9-8-16-33(35)28-31-46(49)54(3,4)51(40)43/h5-32H,1-4H3. The highest BCUT2D eigenvalue weighted by Gasteiger charge is 2.39. The summed E-state index contributed by atoms with van der Waals surface area (Å²) in [4.78, 5) is 10.7. The molecule has 0 fully saturated rings. The van der Waals surface area contributed by atoms with Gasteiger partial charge in [0.2, 0.25) is 0 Å². The molecule has 2 nitrogen and oxygen atoms in total. The molecule has 0 saturated carbocycles. The minimum atomic E-state index is -0.166. The van der Waals surface area contributed by atoms with Crippen LogP contribution in [-0.4, -0.2) is 9.97 Å². The van der Waals surface area contributed by atoms with Gasteiger partial charge in [-0.15, -0.1) is 0 Å². The second-order valence-corrected chi connectivity index (χ2v) is 16.5. The van der Waals surface area contributed by atoms with Crippen LogP contribution in [0.15, 0.2) is 170 Å². The average molecular weight is 717 g/mol. The lowest BCUT2D eigenvalue weighted by atomic mass is 9.78. The van der Waals surface area contributed by atoms with Crippen LogP contribution in [0.5, 0.6) is 0 Å². The molecule has 0 N–H and O–H groups in total. The van der Waals surface area contributed by atoms with Crippen LogP contribution in [0.3, 0.4) is 0 Å². The molecule has 9 aromatic rings. The number of fused-ring (bicyclic) bond motifs is 9. The Morgan fingerprint density at radius 2 is 0.929 bits per heavy atom. The smallest absolute Gasteiger partial charge is 0.160 e. The van der Waals surface area contributed by atoms with Crippen molar-refractivity contribution in [1.29, 1.82) is 0 Å². The van der Waals surface area contributed by atoms with Gasteiger partial charge in [-0.25, -0.2) is 9.97 Å². The average Bonchev–Trinajstić information content (AvgIpc) is 3.63. The Labute approximate surface area is 328 Å². The zero-order valence-electron chi connectivity index (χ0n) is 32.1. The molecule has 1 aromatic heterocycles. The topological polar surface area (TPSA) is 25.8 Å². The van der Waals surface area contributed by atoms with Crippen molar-refractivity contribution in [3.8, 4) is 67.3 Å². The minimum Gasteiger partial charge on any atom is -0.228 e. The molecule has 2 aliphatic rings. The summed E-state index contributed by atoms with van der Waals surface area (Å²) in [7, 11) is 0. The van der Waals surface area contributed by atoms with Gasteiger partial charge in [0, 0.05) is 27.5 Å². The fourth-order valence-electron chi connectivity index (χ4n) is 10.0. The SMILES string of the molecule is CC1(C)c2ccccc2-c2c(-c3cc(-c4ccc(-c5cccc6c5C(C)(C)c5ccc7ccccc7c5-6)c5ccccc45)nc(-c4ccccc4)n3)cccc21. The van der Waals surface area contributed by atoms with Crippen molar-refractivity contribution in [3.05, 3.63) is 192 Å². The molecule has 0 atom stereocenters. The van der Waals surface area contributed by atoms with Crippen LogP contribution in [-0.2, 0) is 10.8 Å². The number of benzene rings is 8. The Morgan fingerprint density at radius 1 is 0.357 bits per heavy atom. The first-order valence-corrected chi connectivity index (χ1v) is 19.7. The van der Waals surface area contributed by atoms with Gasteiger partial charge in [0.25, 0.3) is 0 Å². The van der Waals surface area contributed by atoms with Crippen LogP contribution < -0.4 is 0 Å². The zero-order chi connectivity index (χ0) is 37.8. The quantitative estimate of drug-likeness (QED) is 0.181. The van der Waals surface area contributed by atoms with Crippen molar-refractivity contribution in [2.75, 3.05) is 0 Å². The molecule has 11 rings (SSSR count). The van der Waals surface area contributed by atoms with Gasteiger partial charge in [0.15, 0.2) is 5.82 Å².